The maximum atomic E-state index is 12.1. The van der Waals surface area contributed by atoms with Crippen molar-refractivity contribution in [3.63, 3.8) is 0 Å². The van der Waals surface area contributed by atoms with Gasteiger partial charge in [-0.1, -0.05) is 39.8 Å². The molecule has 4 fully saturated rings. The Hall–Kier alpha value is -1.05. The maximum Gasteiger partial charge on any atom is 0.155 e. The SMILES string of the molecule is C=C(O)CC[C@]1(C)[C@H]2C[C@H]2C2C3C(CC[C@@]21C)[C@@]1(C)CCC(=O)C=C1C[C@H]3C. The summed E-state index contributed by atoms with van der Waals surface area (Å²) < 4.78 is 0. The smallest absolute Gasteiger partial charge is 0.155 e. The molecule has 1 N–H and O–H groups in total. The summed E-state index contributed by atoms with van der Waals surface area (Å²) in [6, 6.07) is 0. The van der Waals surface area contributed by atoms with E-state index in [0.717, 1.165) is 61.7 Å². The lowest BCUT2D eigenvalue weighted by molar-refractivity contribution is -0.124. The minimum Gasteiger partial charge on any atom is -0.513 e. The minimum atomic E-state index is 0.259. The van der Waals surface area contributed by atoms with Crippen LogP contribution in [0.5, 0.6) is 0 Å². The highest BCUT2D eigenvalue weighted by Gasteiger charge is 2.74. The van der Waals surface area contributed by atoms with Gasteiger partial charge in [0.15, 0.2) is 5.78 Å². The van der Waals surface area contributed by atoms with Gasteiger partial charge in [0.1, 0.15) is 0 Å². The summed E-state index contributed by atoms with van der Waals surface area (Å²) in [4.78, 5) is 12.1. The molecule has 0 heterocycles. The molecule has 5 rings (SSSR count). The van der Waals surface area contributed by atoms with E-state index in [0.29, 0.717) is 28.3 Å². The van der Waals surface area contributed by atoms with Crippen LogP contribution < -0.4 is 0 Å². The van der Waals surface area contributed by atoms with E-state index in [1.165, 1.54) is 24.8 Å². The molecule has 4 saturated carbocycles. The fourth-order valence-corrected chi connectivity index (χ4v) is 9.22. The molecule has 28 heavy (non-hydrogen) atoms. The largest absolute Gasteiger partial charge is 0.513 e. The van der Waals surface area contributed by atoms with Crippen LogP contribution in [-0.2, 0) is 4.79 Å². The van der Waals surface area contributed by atoms with Gasteiger partial charge in [0.2, 0.25) is 0 Å². The molecule has 0 aromatic rings. The standard InChI is InChI=1S/C26H38O2/c1-15-12-17-13-18(28)7-9-24(17,3)20-8-11-26(5)23(22(15)20)19-14-21(19)25(26,4)10-6-16(2)27/h13,15,19-23,27H,2,6-12,14H2,1,3-5H3/t15-,19-,20?,21+,22?,23?,24+,25-,26+/m1/s1. The van der Waals surface area contributed by atoms with Crippen LogP contribution in [0.25, 0.3) is 0 Å². The summed E-state index contributed by atoms with van der Waals surface area (Å²) in [5, 5.41) is 9.79. The number of rotatable bonds is 3. The molecule has 0 aromatic heterocycles. The summed E-state index contributed by atoms with van der Waals surface area (Å²) in [6.07, 6.45) is 10.9. The number of fused-ring (bicyclic) bond motifs is 7. The van der Waals surface area contributed by atoms with Crippen LogP contribution >= 0.6 is 0 Å². The maximum absolute atomic E-state index is 12.1. The molecule has 2 nitrogen and oxygen atoms in total. The van der Waals surface area contributed by atoms with Gasteiger partial charge in [-0.15, -0.1) is 0 Å². The Morgan fingerprint density at radius 1 is 1.25 bits per heavy atom. The van der Waals surface area contributed by atoms with Gasteiger partial charge in [-0.25, -0.2) is 0 Å². The molecule has 9 atom stereocenters. The summed E-state index contributed by atoms with van der Waals surface area (Å²) in [5.41, 5.74) is 2.48. The molecule has 5 aliphatic carbocycles. The number of allylic oxidation sites excluding steroid dienone is 2. The molecule has 0 aromatic carbocycles. The van der Waals surface area contributed by atoms with Crippen LogP contribution in [0.3, 0.4) is 0 Å². The summed E-state index contributed by atoms with van der Waals surface area (Å²) in [7, 11) is 0. The lowest BCUT2D eigenvalue weighted by Crippen LogP contribution is -2.56. The second-order valence-corrected chi connectivity index (χ2v) is 11.9. The van der Waals surface area contributed by atoms with E-state index in [-0.39, 0.29) is 5.41 Å². The van der Waals surface area contributed by atoms with Crippen molar-refractivity contribution in [2.75, 3.05) is 0 Å². The first-order chi connectivity index (χ1) is 13.1. The Bertz CT molecular complexity index is 764. The fourth-order valence-electron chi connectivity index (χ4n) is 9.22. The second-order valence-electron chi connectivity index (χ2n) is 11.9. The molecule has 3 unspecified atom stereocenters. The van der Waals surface area contributed by atoms with Gasteiger partial charge in [0.25, 0.3) is 0 Å². The van der Waals surface area contributed by atoms with E-state index in [4.69, 9.17) is 0 Å². The summed E-state index contributed by atoms with van der Waals surface area (Å²) >= 11 is 0. The van der Waals surface area contributed by atoms with Gasteiger partial charge in [0, 0.05) is 12.8 Å². The Labute approximate surface area is 170 Å². The van der Waals surface area contributed by atoms with Crippen molar-refractivity contribution in [3.05, 3.63) is 24.0 Å². The topological polar surface area (TPSA) is 37.3 Å². The fraction of sp³-hybridized carbons (Fsp3) is 0.808. The molecule has 0 aliphatic heterocycles. The van der Waals surface area contributed by atoms with Gasteiger partial charge in [-0.05, 0) is 96.4 Å². The van der Waals surface area contributed by atoms with E-state index in [2.05, 4.69) is 34.3 Å². The monoisotopic (exact) mass is 382 g/mol. The zero-order valence-electron chi connectivity index (χ0n) is 18.3. The summed E-state index contributed by atoms with van der Waals surface area (Å²) in [5.74, 6) is 5.56. The van der Waals surface area contributed by atoms with Crippen molar-refractivity contribution in [3.8, 4) is 0 Å². The quantitative estimate of drug-likeness (QED) is 0.567. The first kappa shape index (κ1) is 18.9. The predicted molar refractivity (Wildman–Crippen MR) is 113 cm³/mol. The highest BCUT2D eigenvalue weighted by atomic mass is 16.3. The third-order valence-corrected chi connectivity index (χ3v) is 10.9. The van der Waals surface area contributed by atoms with Crippen LogP contribution in [0.1, 0.15) is 79.1 Å². The van der Waals surface area contributed by atoms with Gasteiger partial charge in [-0.3, -0.25) is 4.79 Å². The van der Waals surface area contributed by atoms with E-state index in [9.17, 15) is 9.90 Å². The molecule has 0 radical (unpaired) electrons. The zero-order valence-corrected chi connectivity index (χ0v) is 18.3. The van der Waals surface area contributed by atoms with Crippen LogP contribution in [0.4, 0.5) is 0 Å². The van der Waals surface area contributed by atoms with Crippen molar-refractivity contribution < 1.29 is 9.90 Å². The highest BCUT2D eigenvalue weighted by Crippen LogP contribution is 2.81. The third-order valence-electron chi connectivity index (χ3n) is 10.9. The van der Waals surface area contributed by atoms with Gasteiger partial charge < -0.3 is 5.11 Å². The molecule has 0 bridgehead atoms. The van der Waals surface area contributed by atoms with Crippen molar-refractivity contribution in [2.24, 2.45) is 51.8 Å². The average Bonchev–Trinajstić information content (AvgIpc) is 3.38. The van der Waals surface area contributed by atoms with Crippen molar-refractivity contribution >= 4 is 5.78 Å². The Balaban J connectivity index is 1.51. The average molecular weight is 383 g/mol. The second kappa shape index (κ2) is 5.76. The first-order valence-electron chi connectivity index (χ1n) is 11.7. The van der Waals surface area contributed by atoms with Crippen molar-refractivity contribution in [1.29, 1.82) is 0 Å². The summed E-state index contributed by atoms with van der Waals surface area (Å²) in [6.45, 7) is 13.9. The Morgan fingerprint density at radius 3 is 2.71 bits per heavy atom. The predicted octanol–water partition coefficient (Wildman–Crippen LogP) is 6.48. The normalized spacial score (nSPS) is 54.1. The minimum absolute atomic E-state index is 0.259. The lowest BCUT2D eigenvalue weighted by Gasteiger charge is -2.62. The van der Waals surface area contributed by atoms with Crippen LogP contribution in [-0.4, -0.2) is 10.9 Å². The van der Waals surface area contributed by atoms with Crippen LogP contribution in [0.15, 0.2) is 24.0 Å². The number of carbonyl (C=O) groups excluding carboxylic acids is 1. The number of hydrogen-bond acceptors (Lipinski definition) is 2. The van der Waals surface area contributed by atoms with Crippen LogP contribution in [0.2, 0.25) is 0 Å². The van der Waals surface area contributed by atoms with Gasteiger partial charge >= 0.3 is 0 Å². The van der Waals surface area contributed by atoms with E-state index >= 15 is 0 Å². The Kier molecular flexibility index (Phi) is 3.90. The third kappa shape index (κ3) is 2.24. The number of aliphatic hydroxyl groups is 1. The lowest BCUT2D eigenvalue weighted by atomic mass is 9.42. The first-order valence-corrected chi connectivity index (χ1v) is 11.7. The Morgan fingerprint density at radius 2 is 2.00 bits per heavy atom. The molecule has 0 amide bonds. The zero-order chi connectivity index (χ0) is 20.1. The molecule has 5 aliphatic rings. The molecule has 0 spiro atoms. The number of hydrogen-bond donors (Lipinski definition) is 1. The van der Waals surface area contributed by atoms with Crippen molar-refractivity contribution in [2.45, 2.75) is 79.1 Å². The van der Waals surface area contributed by atoms with E-state index in [1.54, 1.807) is 0 Å². The van der Waals surface area contributed by atoms with Gasteiger partial charge in [-0.2, -0.15) is 0 Å². The molecular formula is C26H38O2. The molecule has 154 valence electrons. The number of ketones is 1. The number of aliphatic hydroxyl groups excluding tert-OH is 1. The van der Waals surface area contributed by atoms with E-state index in [1.807, 2.05) is 6.08 Å². The molecule has 0 saturated heterocycles. The number of carbonyl (C=O) groups is 1. The van der Waals surface area contributed by atoms with Gasteiger partial charge in [0.05, 0.1) is 5.76 Å². The highest BCUT2D eigenvalue weighted by molar-refractivity contribution is 5.91. The van der Waals surface area contributed by atoms with Crippen LogP contribution in [0, 0.1) is 51.8 Å². The van der Waals surface area contributed by atoms with Crippen molar-refractivity contribution in [1.82, 2.24) is 0 Å². The van der Waals surface area contributed by atoms with E-state index < -0.39 is 0 Å². The molecular weight excluding hydrogens is 344 g/mol. The molecule has 2 heteroatoms.